The van der Waals surface area contributed by atoms with Gasteiger partial charge in [0.25, 0.3) is 5.69 Å². The first-order valence-corrected chi connectivity index (χ1v) is 7.14. The molecule has 4 nitrogen and oxygen atoms in total. The van der Waals surface area contributed by atoms with Crippen LogP contribution in [0, 0.1) is 10.1 Å². The van der Waals surface area contributed by atoms with Crippen LogP contribution in [-0.4, -0.2) is 11.0 Å². The van der Waals surface area contributed by atoms with Gasteiger partial charge < -0.3 is 5.32 Å². The highest BCUT2D eigenvalue weighted by atomic mass is 16.6. The summed E-state index contributed by atoms with van der Waals surface area (Å²) in [4.78, 5) is 10.2. The van der Waals surface area contributed by atoms with Crippen molar-refractivity contribution in [2.24, 2.45) is 0 Å². The molecule has 0 fully saturated rings. The van der Waals surface area contributed by atoms with E-state index >= 15 is 0 Å². The minimum absolute atomic E-state index is 0.137. The lowest BCUT2D eigenvalue weighted by Gasteiger charge is -2.14. The van der Waals surface area contributed by atoms with Crippen molar-refractivity contribution in [1.29, 1.82) is 0 Å². The predicted molar refractivity (Wildman–Crippen MR) is 79.6 cm³/mol. The second-order valence-corrected chi connectivity index (χ2v) is 5.05. The maximum atomic E-state index is 10.5. The number of hydrogen-bond donors (Lipinski definition) is 1. The maximum Gasteiger partial charge on any atom is 0.269 e. The van der Waals surface area contributed by atoms with Crippen LogP contribution in [0.25, 0.3) is 0 Å². The van der Waals surface area contributed by atoms with E-state index in [4.69, 9.17) is 0 Å². The monoisotopic (exact) mass is 264 g/mol. The molecule has 0 bridgehead atoms. The predicted octanol–water partition coefficient (Wildman–Crippen LogP) is 4.76. The van der Waals surface area contributed by atoms with Gasteiger partial charge in [0.05, 0.1) is 4.92 Å². The molecule has 0 heterocycles. The minimum atomic E-state index is -0.374. The Labute approximate surface area is 115 Å². The molecular formula is C15H24N2O2. The van der Waals surface area contributed by atoms with Gasteiger partial charge in [0.2, 0.25) is 0 Å². The average Bonchev–Trinajstić information content (AvgIpc) is 2.39. The molecule has 0 aliphatic rings. The summed E-state index contributed by atoms with van der Waals surface area (Å²) in [6.45, 7) is 4.38. The van der Waals surface area contributed by atoms with Gasteiger partial charge in [0, 0.05) is 23.9 Å². The van der Waals surface area contributed by atoms with Gasteiger partial charge in [-0.25, -0.2) is 0 Å². The molecule has 0 aliphatic heterocycles. The summed E-state index contributed by atoms with van der Waals surface area (Å²) in [5, 5.41) is 13.9. The number of nitrogens with one attached hydrogen (secondary N) is 1. The largest absolute Gasteiger partial charge is 0.383 e. The summed E-state index contributed by atoms with van der Waals surface area (Å²) in [6.07, 6.45) is 7.59. The van der Waals surface area contributed by atoms with E-state index in [1.54, 1.807) is 12.1 Å². The maximum absolute atomic E-state index is 10.5. The van der Waals surface area contributed by atoms with Crippen LogP contribution in [0.2, 0.25) is 0 Å². The van der Waals surface area contributed by atoms with E-state index in [-0.39, 0.29) is 10.6 Å². The third-order valence-corrected chi connectivity index (χ3v) is 3.23. The van der Waals surface area contributed by atoms with Crippen LogP contribution in [0.4, 0.5) is 11.4 Å². The van der Waals surface area contributed by atoms with Crippen LogP contribution in [0.3, 0.4) is 0 Å². The molecule has 1 atom stereocenters. The van der Waals surface area contributed by atoms with E-state index in [1.165, 1.54) is 44.2 Å². The number of benzene rings is 1. The van der Waals surface area contributed by atoms with Crippen LogP contribution in [0.1, 0.15) is 52.4 Å². The number of nitro benzene ring substituents is 1. The summed E-state index contributed by atoms with van der Waals surface area (Å²) in [6, 6.07) is 7.02. The third-order valence-electron chi connectivity index (χ3n) is 3.23. The zero-order chi connectivity index (χ0) is 14.1. The number of unbranched alkanes of at least 4 members (excludes halogenated alkanes) is 4. The molecule has 1 N–H and O–H groups in total. The first-order chi connectivity index (χ1) is 9.13. The van der Waals surface area contributed by atoms with E-state index in [2.05, 4.69) is 19.2 Å². The summed E-state index contributed by atoms with van der Waals surface area (Å²) < 4.78 is 0. The molecule has 0 saturated heterocycles. The normalized spacial score (nSPS) is 12.1. The molecule has 106 valence electrons. The number of hydrogen-bond acceptors (Lipinski definition) is 3. The minimum Gasteiger partial charge on any atom is -0.383 e. The van der Waals surface area contributed by atoms with Gasteiger partial charge in [-0.1, -0.05) is 39.0 Å². The van der Waals surface area contributed by atoms with Crippen LogP contribution in [0.15, 0.2) is 24.3 Å². The van der Waals surface area contributed by atoms with Gasteiger partial charge in [-0.2, -0.15) is 0 Å². The van der Waals surface area contributed by atoms with Crippen molar-refractivity contribution in [1.82, 2.24) is 0 Å². The molecule has 0 aliphatic carbocycles. The Morgan fingerprint density at radius 2 is 1.79 bits per heavy atom. The Morgan fingerprint density at radius 1 is 1.16 bits per heavy atom. The lowest BCUT2D eigenvalue weighted by molar-refractivity contribution is -0.384. The Hall–Kier alpha value is -1.58. The van der Waals surface area contributed by atoms with Crippen molar-refractivity contribution in [3.63, 3.8) is 0 Å². The van der Waals surface area contributed by atoms with Crippen molar-refractivity contribution in [3.05, 3.63) is 34.4 Å². The van der Waals surface area contributed by atoms with Gasteiger partial charge in [-0.05, 0) is 25.5 Å². The summed E-state index contributed by atoms with van der Waals surface area (Å²) in [5.74, 6) is 0. The Morgan fingerprint density at radius 3 is 2.37 bits per heavy atom. The molecule has 1 rings (SSSR count). The molecule has 0 amide bonds. The van der Waals surface area contributed by atoms with Crippen LogP contribution in [0.5, 0.6) is 0 Å². The van der Waals surface area contributed by atoms with Gasteiger partial charge in [0.1, 0.15) is 0 Å². The average molecular weight is 264 g/mol. The van der Waals surface area contributed by atoms with Gasteiger partial charge in [0.15, 0.2) is 0 Å². The van der Waals surface area contributed by atoms with E-state index in [0.29, 0.717) is 6.04 Å². The van der Waals surface area contributed by atoms with Crippen LogP contribution >= 0.6 is 0 Å². The van der Waals surface area contributed by atoms with E-state index in [0.717, 1.165) is 12.1 Å². The molecule has 4 heteroatoms. The fourth-order valence-electron chi connectivity index (χ4n) is 2.09. The summed E-state index contributed by atoms with van der Waals surface area (Å²) >= 11 is 0. The highest BCUT2D eigenvalue weighted by Gasteiger charge is 2.06. The Kier molecular flexibility index (Phi) is 6.93. The molecule has 0 saturated carbocycles. The van der Waals surface area contributed by atoms with Crippen molar-refractivity contribution < 1.29 is 4.92 Å². The number of nitrogens with zero attached hydrogens (tertiary/aromatic N) is 1. The van der Waals surface area contributed by atoms with E-state index < -0.39 is 0 Å². The first-order valence-electron chi connectivity index (χ1n) is 7.14. The highest BCUT2D eigenvalue weighted by molar-refractivity contribution is 5.48. The lowest BCUT2D eigenvalue weighted by Crippen LogP contribution is -2.14. The van der Waals surface area contributed by atoms with Crippen molar-refractivity contribution in [3.8, 4) is 0 Å². The molecule has 0 spiro atoms. The Bertz CT molecular complexity index is 376. The lowest BCUT2D eigenvalue weighted by atomic mass is 10.1. The number of rotatable bonds is 9. The first kappa shape index (κ1) is 15.5. The van der Waals surface area contributed by atoms with Crippen molar-refractivity contribution in [2.75, 3.05) is 5.32 Å². The van der Waals surface area contributed by atoms with Crippen molar-refractivity contribution >= 4 is 11.4 Å². The van der Waals surface area contributed by atoms with Crippen LogP contribution in [-0.2, 0) is 0 Å². The zero-order valence-electron chi connectivity index (χ0n) is 11.9. The summed E-state index contributed by atoms with van der Waals surface area (Å²) in [5.41, 5.74) is 1.09. The molecule has 0 aromatic heterocycles. The number of nitro groups is 1. The summed E-state index contributed by atoms with van der Waals surface area (Å²) in [7, 11) is 0. The van der Waals surface area contributed by atoms with E-state index in [1.807, 2.05) is 0 Å². The standard InChI is InChI=1S/C15H24N2O2/c1-3-4-5-6-7-8-13(2)16-14-9-11-15(12-10-14)17(18)19/h9-13,16H,3-8H2,1-2H3. The number of anilines is 1. The molecule has 0 radical (unpaired) electrons. The second kappa shape index (κ2) is 8.51. The smallest absolute Gasteiger partial charge is 0.269 e. The fourth-order valence-corrected chi connectivity index (χ4v) is 2.09. The van der Waals surface area contributed by atoms with Crippen LogP contribution < -0.4 is 5.32 Å². The zero-order valence-corrected chi connectivity index (χ0v) is 11.9. The molecule has 1 aromatic carbocycles. The van der Waals surface area contributed by atoms with Gasteiger partial charge >= 0.3 is 0 Å². The second-order valence-electron chi connectivity index (χ2n) is 5.05. The topological polar surface area (TPSA) is 55.2 Å². The van der Waals surface area contributed by atoms with Crippen molar-refractivity contribution in [2.45, 2.75) is 58.4 Å². The van der Waals surface area contributed by atoms with Gasteiger partial charge in [-0.15, -0.1) is 0 Å². The highest BCUT2D eigenvalue weighted by Crippen LogP contribution is 2.17. The SMILES string of the molecule is CCCCCCCC(C)Nc1ccc([N+](=O)[O-])cc1. The molecule has 19 heavy (non-hydrogen) atoms. The number of non-ortho nitro benzene ring substituents is 1. The molecule has 1 unspecified atom stereocenters. The Balaban J connectivity index is 2.27. The molecule has 1 aromatic rings. The quantitative estimate of drug-likeness (QED) is 0.397. The fraction of sp³-hybridized carbons (Fsp3) is 0.600. The van der Waals surface area contributed by atoms with Gasteiger partial charge in [-0.3, -0.25) is 10.1 Å². The third kappa shape index (κ3) is 6.22. The molecular weight excluding hydrogens is 240 g/mol. The van der Waals surface area contributed by atoms with E-state index in [9.17, 15) is 10.1 Å².